The van der Waals surface area contributed by atoms with E-state index >= 15 is 0 Å². The van der Waals surface area contributed by atoms with Gasteiger partial charge in [-0.15, -0.1) is 0 Å². The van der Waals surface area contributed by atoms with Gasteiger partial charge < -0.3 is 10.4 Å². The largest absolute Gasteiger partial charge is 0.465 e. The van der Waals surface area contributed by atoms with Gasteiger partial charge in [-0.3, -0.25) is 4.31 Å². The molecule has 0 fully saturated rings. The predicted molar refractivity (Wildman–Crippen MR) is 88.3 cm³/mol. The van der Waals surface area contributed by atoms with Gasteiger partial charge in [0.15, 0.2) is 0 Å². The molecule has 1 amide bonds. The van der Waals surface area contributed by atoms with Gasteiger partial charge in [0.2, 0.25) is 0 Å². The van der Waals surface area contributed by atoms with Gasteiger partial charge in [0.05, 0.1) is 10.6 Å². The van der Waals surface area contributed by atoms with E-state index in [1.54, 1.807) is 36.4 Å². The molecule has 0 aromatic heterocycles. The maximum Gasteiger partial charge on any atom is 0.404 e. The predicted octanol–water partition coefficient (Wildman–Crippen LogP) is 2.93. The second-order valence-electron chi connectivity index (χ2n) is 4.75. The first-order valence-corrected chi connectivity index (χ1v) is 8.43. The van der Waals surface area contributed by atoms with Crippen molar-refractivity contribution in [2.45, 2.75) is 11.4 Å². The Morgan fingerprint density at radius 3 is 2.22 bits per heavy atom. The zero-order valence-electron chi connectivity index (χ0n) is 12.2. The van der Waals surface area contributed by atoms with E-state index in [0.717, 1.165) is 4.31 Å². The highest BCUT2D eigenvalue weighted by Crippen LogP contribution is 2.23. The summed E-state index contributed by atoms with van der Waals surface area (Å²) < 4.78 is 26.3. The normalized spacial score (nSPS) is 11.0. The minimum Gasteiger partial charge on any atom is -0.465 e. The smallest absolute Gasteiger partial charge is 0.404 e. The maximum atomic E-state index is 12.6. The quantitative estimate of drug-likeness (QED) is 0.864. The molecule has 2 N–H and O–H groups in total. The van der Waals surface area contributed by atoms with Crippen LogP contribution >= 0.6 is 11.6 Å². The molecule has 0 atom stereocenters. The van der Waals surface area contributed by atoms with Crippen molar-refractivity contribution in [3.05, 3.63) is 59.1 Å². The zero-order chi connectivity index (χ0) is 17.0. The summed E-state index contributed by atoms with van der Waals surface area (Å²) in [6, 6.07) is 12.5. The summed E-state index contributed by atoms with van der Waals surface area (Å²) >= 11 is 5.80. The molecule has 0 aliphatic carbocycles. The molecule has 0 radical (unpaired) electrons. The second kappa shape index (κ2) is 6.89. The van der Waals surface area contributed by atoms with E-state index in [1.807, 2.05) is 0 Å². The third kappa shape index (κ3) is 4.14. The summed E-state index contributed by atoms with van der Waals surface area (Å²) in [6.45, 7) is 0.114. The number of hydrogen-bond donors (Lipinski definition) is 2. The van der Waals surface area contributed by atoms with Crippen molar-refractivity contribution in [2.75, 3.05) is 11.4 Å². The third-order valence-electron chi connectivity index (χ3n) is 3.22. The number of amides is 1. The third-order valence-corrected chi connectivity index (χ3v) is 5.27. The molecule has 6 nitrogen and oxygen atoms in total. The van der Waals surface area contributed by atoms with Gasteiger partial charge in [-0.1, -0.05) is 23.7 Å². The molecule has 23 heavy (non-hydrogen) atoms. The van der Waals surface area contributed by atoms with E-state index in [2.05, 4.69) is 5.32 Å². The Morgan fingerprint density at radius 2 is 1.70 bits per heavy atom. The Hall–Kier alpha value is -2.25. The maximum absolute atomic E-state index is 12.6. The monoisotopic (exact) mass is 354 g/mol. The average Bonchev–Trinajstić information content (AvgIpc) is 2.53. The van der Waals surface area contributed by atoms with Crippen LogP contribution in [0.4, 0.5) is 10.5 Å². The lowest BCUT2D eigenvalue weighted by atomic mass is 10.2. The summed E-state index contributed by atoms with van der Waals surface area (Å²) in [5.74, 6) is 0. The van der Waals surface area contributed by atoms with Crippen LogP contribution in [0.1, 0.15) is 5.56 Å². The fourth-order valence-corrected chi connectivity index (χ4v) is 3.23. The first-order chi connectivity index (χ1) is 10.8. The van der Waals surface area contributed by atoms with Gasteiger partial charge in [-0.2, -0.15) is 0 Å². The zero-order valence-corrected chi connectivity index (χ0v) is 13.8. The minimum atomic E-state index is -3.70. The van der Waals surface area contributed by atoms with Crippen LogP contribution in [0.25, 0.3) is 0 Å². The van der Waals surface area contributed by atoms with Crippen LogP contribution in [0.15, 0.2) is 53.4 Å². The van der Waals surface area contributed by atoms with Crippen LogP contribution in [0.2, 0.25) is 5.02 Å². The SMILES string of the molecule is CN(c1ccc(Cl)cc1)S(=O)(=O)c1ccc(CNC(=O)O)cc1. The first kappa shape index (κ1) is 17.1. The van der Waals surface area contributed by atoms with Crippen LogP contribution in [0, 0.1) is 0 Å². The molecule has 8 heteroatoms. The minimum absolute atomic E-state index is 0.114. The van der Waals surface area contributed by atoms with Crippen molar-refractivity contribution in [3.63, 3.8) is 0 Å². The number of hydrogen-bond acceptors (Lipinski definition) is 3. The number of benzene rings is 2. The highest BCUT2D eigenvalue weighted by molar-refractivity contribution is 7.92. The number of carboxylic acid groups (broad SMARTS) is 1. The molecule has 2 aromatic rings. The van der Waals surface area contributed by atoms with Crippen molar-refractivity contribution in [1.82, 2.24) is 5.32 Å². The molecular formula is C15H15ClN2O4S. The van der Waals surface area contributed by atoms with E-state index in [9.17, 15) is 13.2 Å². The van der Waals surface area contributed by atoms with Crippen LogP contribution in [-0.4, -0.2) is 26.7 Å². The first-order valence-electron chi connectivity index (χ1n) is 6.61. The second-order valence-corrected chi connectivity index (χ2v) is 7.16. The molecule has 0 saturated carbocycles. The van der Waals surface area contributed by atoms with Crippen LogP contribution in [-0.2, 0) is 16.6 Å². The molecule has 0 spiro atoms. The molecule has 122 valence electrons. The van der Waals surface area contributed by atoms with E-state index < -0.39 is 16.1 Å². The Labute approximate surface area is 139 Å². The Bertz CT molecular complexity index is 789. The Kier molecular flexibility index (Phi) is 5.12. The van der Waals surface area contributed by atoms with E-state index in [1.165, 1.54) is 19.2 Å². The number of sulfonamides is 1. The summed E-state index contributed by atoms with van der Waals surface area (Å²) in [5.41, 5.74) is 1.16. The van der Waals surface area contributed by atoms with Crippen LogP contribution < -0.4 is 9.62 Å². The Balaban J connectivity index is 2.21. The summed E-state index contributed by atoms with van der Waals surface area (Å²) in [5, 5.41) is 11.3. The molecule has 0 unspecified atom stereocenters. The van der Waals surface area contributed by atoms with Gasteiger partial charge in [0, 0.05) is 18.6 Å². The molecule has 0 aliphatic heterocycles. The van der Waals surface area contributed by atoms with Gasteiger partial charge in [0.25, 0.3) is 10.0 Å². The van der Waals surface area contributed by atoms with Gasteiger partial charge in [-0.05, 0) is 42.0 Å². The van der Waals surface area contributed by atoms with Crippen molar-refractivity contribution in [3.8, 4) is 0 Å². The molecular weight excluding hydrogens is 340 g/mol. The van der Waals surface area contributed by atoms with E-state index in [-0.39, 0.29) is 11.4 Å². The molecule has 2 rings (SSSR count). The fraction of sp³-hybridized carbons (Fsp3) is 0.133. The van der Waals surface area contributed by atoms with Gasteiger partial charge >= 0.3 is 6.09 Å². The molecule has 0 heterocycles. The van der Waals surface area contributed by atoms with Crippen LogP contribution in [0.5, 0.6) is 0 Å². The number of halogens is 1. The number of rotatable bonds is 5. The Morgan fingerprint density at radius 1 is 1.13 bits per heavy atom. The number of carbonyl (C=O) groups is 1. The van der Waals surface area contributed by atoms with Crippen molar-refractivity contribution in [2.24, 2.45) is 0 Å². The lowest BCUT2D eigenvalue weighted by molar-refractivity contribution is 0.194. The molecule has 0 aliphatic rings. The summed E-state index contributed by atoms with van der Waals surface area (Å²) in [7, 11) is -2.24. The highest BCUT2D eigenvalue weighted by atomic mass is 35.5. The number of nitrogens with one attached hydrogen (secondary N) is 1. The highest BCUT2D eigenvalue weighted by Gasteiger charge is 2.21. The average molecular weight is 355 g/mol. The van der Waals surface area contributed by atoms with Crippen molar-refractivity contribution < 1.29 is 18.3 Å². The number of anilines is 1. The number of nitrogens with zero attached hydrogens (tertiary/aromatic N) is 1. The topological polar surface area (TPSA) is 86.7 Å². The summed E-state index contributed by atoms with van der Waals surface area (Å²) in [6.07, 6.45) is -1.14. The van der Waals surface area contributed by atoms with Crippen LogP contribution in [0.3, 0.4) is 0 Å². The molecule has 0 bridgehead atoms. The van der Waals surface area contributed by atoms with Crippen molar-refractivity contribution in [1.29, 1.82) is 0 Å². The van der Waals surface area contributed by atoms with Gasteiger partial charge in [0.1, 0.15) is 0 Å². The lowest BCUT2D eigenvalue weighted by Crippen LogP contribution is -2.26. The fourth-order valence-electron chi connectivity index (χ4n) is 1.90. The van der Waals surface area contributed by atoms with E-state index in [4.69, 9.17) is 16.7 Å². The molecule has 0 saturated heterocycles. The van der Waals surface area contributed by atoms with Crippen molar-refractivity contribution >= 4 is 33.4 Å². The summed E-state index contributed by atoms with van der Waals surface area (Å²) in [4.78, 5) is 10.6. The van der Waals surface area contributed by atoms with Gasteiger partial charge in [-0.25, -0.2) is 13.2 Å². The van der Waals surface area contributed by atoms with E-state index in [0.29, 0.717) is 16.3 Å². The standard InChI is InChI=1S/C15H15ClN2O4S/c1-18(13-6-4-12(16)5-7-13)23(21,22)14-8-2-11(3-9-14)10-17-15(19)20/h2-9,17H,10H2,1H3,(H,19,20). The lowest BCUT2D eigenvalue weighted by Gasteiger charge is -2.19. The molecule has 2 aromatic carbocycles.